The monoisotopic (exact) mass is 388 g/mol. The minimum Gasteiger partial charge on any atom is -0.497 e. The van der Waals surface area contributed by atoms with Crippen molar-refractivity contribution in [2.24, 2.45) is 0 Å². The number of esters is 1. The normalized spacial score (nSPS) is 16.7. The van der Waals surface area contributed by atoms with E-state index in [1.807, 2.05) is 12.1 Å². The van der Waals surface area contributed by atoms with E-state index in [1.54, 1.807) is 38.4 Å². The quantitative estimate of drug-likeness (QED) is 0.755. The molecule has 1 aliphatic heterocycles. The molecule has 1 aliphatic rings. The summed E-state index contributed by atoms with van der Waals surface area (Å²) in [7, 11) is 4.43. The van der Waals surface area contributed by atoms with E-state index in [1.165, 1.54) is 7.11 Å². The molecular formula is C19H24N4O5. The van der Waals surface area contributed by atoms with Crippen LogP contribution in [0.1, 0.15) is 29.9 Å². The smallest absolute Gasteiger partial charge is 0.328 e. The zero-order chi connectivity index (χ0) is 20.3. The van der Waals surface area contributed by atoms with Crippen molar-refractivity contribution in [2.75, 3.05) is 27.9 Å². The standard InChI is InChI=1S/C19H24N4O5/c1-11(18(24)28-4)22-19(25)23-6-5-15-16(21-10-20-15)17(23)12-7-13(26-2)9-14(8-12)27-3/h7-11,17H,5-6H2,1-4H3,(H,20,21)(H,22,25)/t11-,17-/m1/s1. The van der Waals surface area contributed by atoms with E-state index < -0.39 is 18.1 Å². The number of hydrogen-bond acceptors (Lipinski definition) is 6. The second-order valence-corrected chi connectivity index (χ2v) is 6.45. The number of benzene rings is 1. The summed E-state index contributed by atoms with van der Waals surface area (Å²) in [6.07, 6.45) is 2.25. The molecule has 150 valence electrons. The van der Waals surface area contributed by atoms with E-state index in [-0.39, 0.29) is 6.03 Å². The van der Waals surface area contributed by atoms with Crippen molar-refractivity contribution in [1.82, 2.24) is 20.2 Å². The molecule has 2 heterocycles. The second kappa shape index (κ2) is 8.20. The largest absolute Gasteiger partial charge is 0.497 e. The van der Waals surface area contributed by atoms with Crippen molar-refractivity contribution in [3.05, 3.63) is 41.5 Å². The lowest BCUT2D eigenvalue weighted by atomic mass is 9.95. The van der Waals surface area contributed by atoms with Gasteiger partial charge in [0.1, 0.15) is 23.6 Å². The fourth-order valence-corrected chi connectivity index (χ4v) is 3.32. The molecule has 0 saturated carbocycles. The Bertz CT molecular complexity index is 844. The van der Waals surface area contributed by atoms with Crippen LogP contribution in [0.5, 0.6) is 11.5 Å². The van der Waals surface area contributed by atoms with Crippen molar-refractivity contribution in [3.63, 3.8) is 0 Å². The molecule has 2 atom stereocenters. The molecule has 0 unspecified atom stereocenters. The number of fused-ring (bicyclic) bond motifs is 1. The molecule has 2 N–H and O–H groups in total. The second-order valence-electron chi connectivity index (χ2n) is 6.45. The summed E-state index contributed by atoms with van der Waals surface area (Å²) in [6, 6.07) is 3.87. The number of aromatic amines is 1. The van der Waals surface area contributed by atoms with Gasteiger partial charge in [0.05, 0.1) is 33.4 Å². The third-order valence-electron chi connectivity index (χ3n) is 4.77. The molecule has 2 aromatic rings. The number of carbonyl (C=O) groups is 2. The highest BCUT2D eigenvalue weighted by Gasteiger charge is 2.35. The summed E-state index contributed by atoms with van der Waals surface area (Å²) in [5, 5.41) is 2.69. The van der Waals surface area contributed by atoms with Gasteiger partial charge in [-0.1, -0.05) is 0 Å². The molecule has 0 bridgehead atoms. The van der Waals surface area contributed by atoms with Crippen LogP contribution in [-0.4, -0.2) is 60.8 Å². The molecule has 1 aromatic carbocycles. The van der Waals surface area contributed by atoms with Gasteiger partial charge < -0.3 is 29.4 Å². The van der Waals surface area contributed by atoms with Gasteiger partial charge in [0, 0.05) is 24.7 Å². The van der Waals surface area contributed by atoms with Gasteiger partial charge >= 0.3 is 12.0 Å². The van der Waals surface area contributed by atoms with Crippen molar-refractivity contribution >= 4 is 12.0 Å². The number of nitrogens with zero attached hydrogens (tertiary/aromatic N) is 2. The number of hydrogen-bond donors (Lipinski definition) is 2. The SMILES string of the molecule is COC(=O)[C@@H](C)NC(=O)N1CCc2[nH]cnc2[C@H]1c1cc(OC)cc(OC)c1. The highest BCUT2D eigenvalue weighted by molar-refractivity contribution is 5.83. The fourth-order valence-electron chi connectivity index (χ4n) is 3.32. The maximum atomic E-state index is 13.0. The van der Waals surface area contributed by atoms with Crippen molar-refractivity contribution < 1.29 is 23.8 Å². The molecule has 28 heavy (non-hydrogen) atoms. The Morgan fingerprint density at radius 1 is 1.21 bits per heavy atom. The predicted octanol–water partition coefficient (Wildman–Crippen LogP) is 1.65. The number of urea groups is 1. The molecule has 0 radical (unpaired) electrons. The average molecular weight is 388 g/mol. The van der Waals surface area contributed by atoms with E-state index in [9.17, 15) is 9.59 Å². The Kier molecular flexibility index (Phi) is 5.72. The molecule has 9 heteroatoms. The summed E-state index contributed by atoms with van der Waals surface area (Å²) in [5.74, 6) is 0.714. The van der Waals surface area contributed by atoms with Crippen LogP contribution in [-0.2, 0) is 16.0 Å². The van der Waals surface area contributed by atoms with Crippen LogP contribution in [0, 0.1) is 0 Å². The first-order valence-corrected chi connectivity index (χ1v) is 8.88. The van der Waals surface area contributed by atoms with Gasteiger partial charge in [-0.25, -0.2) is 14.6 Å². The predicted molar refractivity (Wildman–Crippen MR) is 100 cm³/mol. The van der Waals surface area contributed by atoms with Crippen LogP contribution in [0.25, 0.3) is 0 Å². The van der Waals surface area contributed by atoms with E-state index in [0.717, 1.165) is 17.0 Å². The number of rotatable bonds is 5. The lowest BCUT2D eigenvalue weighted by Gasteiger charge is -2.36. The van der Waals surface area contributed by atoms with E-state index in [2.05, 4.69) is 15.3 Å². The van der Waals surface area contributed by atoms with Crippen LogP contribution in [0.2, 0.25) is 0 Å². The molecule has 2 amide bonds. The number of nitrogens with one attached hydrogen (secondary N) is 2. The average Bonchev–Trinajstić information content (AvgIpc) is 3.20. The molecule has 0 fully saturated rings. The van der Waals surface area contributed by atoms with Gasteiger partial charge in [-0.3, -0.25) is 0 Å². The maximum absolute atomic E-state index is 13.0. The number of carbonyl (C=O) groups excluding carboxylic acids is 2. The van der Waals surface area contributed by atoms with Crippen molar-refractivity contribution in [2.45, 2.75) is 25.4 Å². The summed E-state index contributed by atoms with van der Waals surface area (Å²) < 4.78 is 15.4. The number of imidazole rings is 1. The molecule has 0 aliphatic carbocycles. The zero-order valence-corrected chi connectivity index (χ0v) is 16.3. The van der Waals surface area contributed by atoms with E-state index >= 15 is 0 Å². The summed E-state index contributed by atoms with van der Waals surface area (Å²) in [4.78, 5) is 33.9. The first kappa shape index (κ1) is 19.5. The lowest BCUT2D eigenvalue weighted by molar-refractivity contribution is -0.142. The first-order chi connectivity index (χ1) is 13.5. The Morgan fingerprint density at radius 3 is 2.50 bits per heavy atom. The summed E-state index contributed by atoms with van der Waals surface area (Å²) in [6.45, 7) is 2.04. The Labute approximate surface area is 163 Å². The topological polar surface area (TPSA) is 106 Å². The minimum atomic E-state index is -0.765. The van der Waals surface area contributed by atoms with Gasteiger partial charge in [0.2, 0.25) is 0 Å². The van der Waals surface area contributed by atoms with Crippen molar-refractivity contribution in [1.29, 1.82) is 0 Å². The number of H-pyrrole nitrogens is 1. The molecule has 9 nitrogen and oxygen atoms in total. The van der Waals surface area contributed by atoms with Gasteiger partial charge in [-0.15, -0.1) is 0 Å². The molecule has 1 aromatic heterocycles. The third kappa shape index (κ3) is 3.73. The molecular weight excluding hydrogens is 364 g/mol. The Hall–Kier alpha value is -3.23. The van der Waals surface area contributed by atoms with E-state index in [0.29, 0.717) is 24.5 Å². The number of amides is 2. The number of methoxy groups -OCH3 is 3. The van der Waals surface area contributed by atoms with Gasteiger partial charge in [0.25, 0.3) is 0 Å². The summed E-state index contributed by atoms with van der Waals surface area (Å²) in [5.41, 5.74) is 2.52. The Morgan fingerprint density at radius 2 is 1.89 bits per heavy atom. The maximum Gasteiger partial charge on any atom is 0.328 e. The lowest BCUT2D eigenvalue weighted by Crippen LogP contribution is -2.50. The number of aromatic nitrogens is 2. The highest BCUT2D eigenvalue weighted by atomic mass is 16.5. The first-order valence-electron chi connectivity index (χ1n) is 8.88. The number of ether oxygens (including phenoxy) is 3. The molecule has 3 rings (SSSR count). The zero-order valence-electron chi connectivity index (χ0n) is 16.3. The molecule has 0 spiro atoms. The van der Waals surface area contributed by atoms with Crippen LogP contribution in [0.3, 0.4) is 0 Å². The van der Waals surface area contributed by atoms with E-state index in [4.69, 9.17) is 14.2 Å². The van der Waals surface area contributed by atoms with Gasteiger partial charge in [-0.2, -0.15) is 0 Å². The minimum absolute atomic E-state index is 0.377. The highest BCUT2D eigenvalue weighted by Crippen LogP contribution is 2.36. The van der Waals surface area contributed by atoms with Crippen molar-refractivity contribution in [3.8, 4) is 11.5 Å². The third-order valence-corrected chi connectivity index (χ3v) is 4.77. The molecule has 0 saturated heterocycles. The summed E-state index contributed by atoms with van der Waals surface area (Å²) >= 11 is 0. The van der Waals surface area contributed by atoms with Crippen LogP contribution in [0.15, 0.2) is 24.5 Å². The van der Waals surface area contributed by atoms with Crippen LogP contribution in [0.4, 0.5) is 4.79 Å². The fraction of sp³-hybridized carbons (Fsp3) is 0.421. The van der Waals surface area contributed by atoms with Gasteiger partial charge in [-0.05, 0) is 24.6 Å². The van der Waals surface area contributed by atoms with Crippen LogP contribution < -0.4 is 14.8 Å². The van der Waals surface area contributed by atoms with Gasteiger partial charge in [0.15, 0.2) is 0 Å². The van der Waals surface area contributed by atoms with Crippen LogP contribution >= 0.6 is 0 Å². The Balaban J connectivity index is 1.99.